The molecule has 1 aromatic rings. The van der Waals surface area contributed by atoms with Crippen molar-refractivity contribution >= 4 is 47.8 Å². The molecule has 0 bridgehead atoms. The number of hydrogen-bond donors (Lipinski definition) is 0. The van der Waals surface area contributed by atoms with Gasteiger partial charge in [0.2, 0.25) is 0 Å². The minimum atomic E-state index is -2.79. The highest BCUT2D eigenvalue weighted by atomic mass is 79.9. The highest BCUT2D eigenvalue weighted by molar-refractivity contribution is 9.11. The van der Waals surface area contributed by atoms with E-state index < -0.39 is 10.7 Å². The van der Waals surface area contributed by atoms with Gasteiger partial charge in [-0.2, -0.15) is 0 Å². The van der Waals surface area contributed by atoms with Crippen molar-refractivity contribution in [3.05, 3.63) is 32.7 Å². The van der Waals surface area contributed by atoms with E-state index in [1.807, 2.05) is 0 Å². The Hall–Kier alpha value is 0.520. The SMILES string of the molecule is CC(F)(F)C(Br)c1cc(Br)ccc1Br. The van der Waals surface area contributed by atoms with Crippen LogP contribution in [-0.4, -0.2) is 5.92 Å². The van der Waals surface area contributed by atoms with Crippen molar-refractivity contribution < 1.29 is 8.78 Å². The molecule has 0 aliphatic rings. The van der Waals surface area contributed by atoms with Gasteiger partial charge in [-0.25, -0.2) is 8.78 Å². The summed E-state index contributed by atoms with van der Waals surface area (Å²) in [6.45, 7) is 0.889. The fourth-order valence-electron chi connectivity index (χ4n) is 0.982. The molecular weight excluding hydrogens is 386 g/mol. The molecule has 0 saturated carbocycles. The minimum absolute atomic E-state index is 0.534. The molecule has 1 rings (SSSR count). The topological polar surface area (TPSA) is 0 Å². The smallest absolute Gasteiger partial charge is 0.206 e. The maximum Gasteiger partial charge on any atom is 0.261 e. The summed E-state index contributed by atoms with van der Waals surface area (Å²) in [6.07, 6.45) is 0. The third-order valence-corrected chi connectivity index (χ3v) is 4.19. The number of rotatable bonds is 2. The van der Waals surface area contributed by atoms with Gasteiger partial charge in [0.05, 0.1) is 0 Å². The van der Waals surface area contributed by atoms with Gasteiger partial charge < -0.3 is 0 Å². The van der Waals surface area contributed by atoms with Gasteiger partial charge in [-0.3, -0.25) is 0 Å². The Morgan fingerprint density at radius 2 is 1.86 bits per heavy atom. The third-order valence-electron chi connectivity index (χ3n) is 1.68. The lowest BCUT2D eigenvalue weighted by Crippen LogP contribution is -2.17. The summed E-state index contributed by atoms with van der Waals surface area (Å²) in [7, 11) is 0. The van der Waals surface area contributed by atoms with E-state index in [1.54, 1.807) is 18.2 Å². The second-order valence-electron chi connectivity index (χ2n) is 2.98. The van der Waals surface area contributed by atoms with Crippen molar-refractivity contribution in [1.82, 2.24) is 0 Å². The van der Waals surface area contributed by atoms with E-state index in [0.717, 1.165) is 11.4 Å². The highest BCUT2D eigenvalue weighted by Crippen LogP contribution is 2.41. The molecule has 5 heteroatoms. The van der Waals surface area contributed by atoms with Gasteiger partial charge in [0, 0.05) is 15.9 Å². The van der Waals surface area contributed by atoms with Gasteiger partial charge in [-0.15, -0.1) is 0 Å². The fourth-order valence-corrected chi connectivity index (χ4v) is 2.52. The maximum atomic E-state index is 13.0. The minimum Gasteiger partial charge on any atom is -0.206 e. The van der Waals surface area contributed by atoms with Crippen LogP contribution in [0.4, 0.5) is 8.78 Å². The zero-order chi connectivity index (χ0) is 10.9. The third kappa shape index (κ3) is 3.00. The predicted octanol–water partition coefficient (Wildman–Crippen LogP) is 5.30. The van der Waals surface area contributed by atoms with Crippen LogP contribution in [0.15, 0.2) is 27.1 Å². The molecule has 0 aromatic heterocycles. The van der Waals surface area contributed by atoms with Crippen LogP contribution in [0.25, 0.3) is 0 Å². The van der Waals surface area contributed by atoms with E-state index in [1.165, 1.54) is 0 Å². The molecule has 0 saturated heterocycles. The van der Waals surface area contributed by atoms with Crippen LogP contribution in [0, 0.1) is 0 Å². The monoisotopic (exact) mass is 390 g/mol. The average Bonchev–Trinajstić information content (AvgIpc) is 2.06. The molecule has 0 radical (unpaired) electrons. The standard InChI is InChI=1S/C9H7Br3F2/c1-9(13,14)8(12)6-4-5(10)2-3-7(6)11/h2-4,8H,1H3. The van der Waals surface area contributed by atoms with E-state index in [2.05, 4.69) is 47.8 Å². The highest BCUT2D eigenvalue weighted by Gasteiger charge is 2.34. The van der Waals surface area contributed by atoms with Crippen LogP contribution in [-0.2, 0) is 0 Å². The van der Waals surface area contributed by atoms with Gasteiger partial charge in [0.25, 0.3) is 5.92 Å². The Kier molecular flexibility index (Phi) is 4.11. The number of hydrogen-bond acceptors (Lipinski definition) is 0. The van der Waals surface area contributed by atoms with E-state index in [4.69, 9.17) is 0 Å². The van der Waals surface area contributed by atoms with Crippen molar-refractivity contribution in [1.29, 1.82) is 0 Å². The second kappa shape index (κ2) is 4.58. The lowest BCUT2D eigenvalue weighted by molar-refractivity contribution is 0.0211. The van der Waals surface area contributed by atoms with Crippen molar-refractivity contribution in [2.45, 2.75) is 17.7 Å². The van der Waals surface area contributed by atoms with E-state index in [9.17, 15) is 8.78 Å². The Balaban J connectivity index is 3.12. The first-order valence-corrected chi connectivity index (χ1v) is 6.29. The fraction of sp³-hybridized carbons (Fsp3) is 0.333. The molecule has 0 spiro atoms. The molecular formula is C9H7Br3F2. The van der Waals surface area contributed by atoms with Gasteiger partial charge in [-0.1, -0.05) is 47.8 Å². The first-order chi connectivity index (χ1) is 6.32. The largest absolute Gasteiger partial charge is 0.261 e. The van der Waals surface area contributed by atoms with E-state index >= 15 is 0 Å². The van der Waals surface area contributed by atoms with Crippen LogP contribution in [0.2, 0.25) is 0 Å². The maximum absolute atomic E-state index is 13.0. The average molecular weight is 393 g/mol. The normalized spacial score (nSPS) is 14.1. The van der Waals surface area contributed by atoms with Crippen LogP contribution in [0.1, 0.15) is 17.3 Å². The lowest BCUT2D eigenvalue weighted by atomic mass is 10.1. The molecule has 78 valence electrons. The van der Waals surface area contributed by atoms with E-state index in [-0.39, 0.29) is 0 Å². The quantitative estimate of drug-likeness (QED) is 0.599. The molecule has 0 nitrogen and oxygen atoms in total. The number of alkyl halides is 3. The molecule has 14 heavy (non-hydrogen) atoms. The van der Waals surface area contributed by atoms with Gasteiger partial charge in [0.1, 0.15) is 4.83 Å². The summed E-state index contributed by atoms with van der Waals surface area (Å²) < 4.78 is 27.5. The summed E-state index contributed by atoms with van der Waals surface area (Å²) in [5, 5.41) is 0. The second-order valence-corrected chi connectivity index (χ2v) is 5.67. The molecule has 1 atom stereocenters. The molecule has 1 aromatic carbocycles. The Bertz CT molecular complexity index is 333. The van der Waals surface area contributed by atoms with Crippen LogP contribution in [0.3, 0.4) is 0 Å². The van der Waals surface area contributed by atoms with E-state index in [0.29, 0.717) is 10.0 Å². The molecule has 0 amide bonds. The first-order valence-electron chi connectivity index (χ1n) is 3.79. The zero-order valence-electron chi connectivity index (χ0n) is 7.20. The summed E-state index contributed by atoms with van der Waals surface area (Å²) in [5.41, 5.74) is 0.534. The zero-order valence-corrected chi connectivity index (χ0v) is 12.0. The van der Waals surface area contributed by atoms with Crippen molar-refractivity contribution in [2.75, 3.05) is 0 Å². The summed E-state index contributed by atoms with van der Waals surface area (Å²) in [4.78, 5) is -0.984. The van der Waals surface area contributed by atoms with Gasteiger partial charge >= 0.3 is 0 Å². The Morgan fingerprint density at radius 1 is 1.29 bits per heavy atom. The van der Waals surface area contributed by atoms with Crippen molar-refractivity contribution in [2.24, 2.45) is 0 Å². The molecule has 0 heterocycles. The molecule has 0 N–H and O–H groups in total. The number of halogens is 5. The molecule has 0 aliphatic heterocycles. The van der Waals surface area contributed by atoms with Crippen LogP contribution < -0.4 is 0 Å². The van der Waals surface area contributed by atoms with Gasteiger partial charge in [-0.05, 0) is 23.8 Å². The molecule has 0 fully saturated rings. The molecule has 0 aliphatic carbocycles. The first kappa shape index (κ1) is 12.6. The van der Waals surface area contributed by atoms with Crippen LogP contribution in [0.5, 0.6) is 0 Å². The van der Waals surface area contributed by atoms with Crippen molar-refractivity contribution in [3.63, 3.8) is 0 Å². The lowest BCUT2D eigenvalue weighted by Gasteiger charge is -2.19. The summed E-state index contributed by atoms with van der Waals surface area (Å²) in [6, 6.07) is 5.20. The number of benzene rings is 1. The van der Waals surface area contributed by atoms with Crippen LogP contribution >= 0.6 is 47.8 Å². The Labute approximate surface area is 106 Å². The molecule has 1 unspecified atom stereocenters. The Morgan fingerprint density at radius 3 is 2.36 bits per heavy atom. The predicted molar refractivity (Wildman–Crippen MR) is 64.1 cm³/mol. The summed E-state index contributed by atoms with van der Waals surface area (Å²) in [5.74, 6) is -2.79. The van der Waals surface area contributed by atoms with Crippen molar-refractivity contribution in [3.8, 4) is 0 Å². The van der Waals surface area contributed by atoms with Gasteiger partial charge in [0.15, 0.2) is 0 Å². The summed E-state index contributed by atoms with van der Waals surface area (Å²) >= 11 is 9.47.